The summed E-state index contributed by atoms with van der Waals surface area (Å²) < 4.78 is 0. The molecule has 3 heteroatoms. The minimum absolute atomic E-state index is 0.0114. The van der Waals surface area contributed by atoms with Crippen LogP contribution in [0.4, 0.5) is 4.79 Å². The standard InChI is InChI=1S/C15H18N2O/c1-3-16-15(18)17-11(2)13-10-6-8-12-7-4-5-9-14(12)13/h4-11H,3H2,1-2H3,(H2,16,17,18). The minimum Gasteiger partial charge on any atom is -0.338 e. The highest BCUT2D eigenvalue weighted by atomic mass is 16.2. The second kappa shape index (κ2) is 5.54. The van der Waals surface area contributed by atoms with E-state index in [-0.39, 0.29) is 12.1 Å². The second-order valence-electron chi connectivity index (χ2n) is 4.29. The van der Waals surface area contributed by atoms with Crippen LogP contribution in [0.2, 0.25) is 0 Å². The zero-order valence-corrected chi connectivity index (χ0v) is 10.7. The summed E-state index contributed by atoms with van der Waals surface area (Å²) in [7, 11) is 0. The highest BCUT2D eigenvalue weighted by Gasteiger charge is 2.11. The van der Waals surface area contributed by atoms with Crippen molar-refractivity contribution in [3.63, 3.8) is 0 Å². The van der Waals surface area contributed by atoms with Crippen molar-refractivity contribution >= 4 is 16.8 Å². The molecule has 2 aromatic carbocycles. The van der Waals surface area contributed by atoms with E-state index in [1.54, 1.807) is 0 Å². The molecule has 0 heterocycles. The van der Waals surface area contributed by atoms with Crippen LogP contribution in [-0.4, -0.2) is 12.6 Å². The van der Waals surface area contributed by atoms with Crippen molar-refractivity contribution < 1.29 is 4.79 Å². The first kappa shape index (κ1) is 12.4. The van der Waals surface area contributed by atoms with Gasteiger partial charge in [0, 0.05) is 6.54 Å². The molecule has 0 radical (unpaired) electrons. The minimum atomic E-state index is -0.127. The maximum atomic E-state index is 11.5. The molecule has 1 unspecified atom stereocenters. The average Bonchev–Trinajstić information content (AvgIpc) is 2.38. The van der Waals surface area contributed by atoms with Gasteiger partial charge in [0.1, 0.15) is 0 Å². The monoisotopic (exact) mass is 242 g/mol. The molecule has 2 N–H and O–H groups in total. The highest BCUT2D eigenvalue weighted by molar-refractivity contribution is 5.86. The lowest BCUT2D eigenvalue weighted by Crippen LogP contribution is -2.36. The van der Waals surface area contributed by atoms with Crippen molar-refractivity contribution in [3.05, 3.63) is 48.0 Å². The lowest BCUT2D eigenvalue weighted by molar-refractivity contribution is 0.238. The normalized spacial score (nSPS) is 12.1. The molecule has 0 aliphatic rings. The first-order valence-corrected chi connectivity index (χ1v) is 6.24. The van der Waals surface area contributed by atoms with Gasteiger partial charge in [0.15, 0.2) is 0 Å². The Morgan fingerprint density at radius 3 is 2.67 bits per heavy atom. The molecule has 94 valence electrons. The summed E-state index contributed by atoms with van der Waals surface area (Å²) in [6, 6.07) is 14.2. The Balaban J connectivity index is 2.27. The second-order valence-corrected chi connectivity index (χ2v) is 4.29. The van der Waals surface area contributed by atoms with E-state index < -0.39 is 0 Å². The third-order valence-electron chi connectivity index (χ3n) is 2.97. The molecule has 3 nitrogen and oxygen atoms in total. The molecule has 0 saturated carbocycles. The highest BCUT2D eigenvalue weighted by Crippen LogP contribution is 2.23. The Bertz CT molecular complexity index is 546. The van der Waals surface area contributed by atoms with Gasteiger partial charge < -0.3 is 10.6 Å². The van der Waals surface area contributed by atoms with Gasteiger partial charge in [0.05, 0.1) is 6.04 Å². The van der Waals surface area contributed by atoms with Crippen molar-refractivity contribution in [2.75, 3.05) is 6.54 Å². The molecular weight excluding hydrogens is 224 g/mol. The summed E-state index contributed by atoms with van der Waals surface area (Å²) >= 11 is 0. The number of nitrogens with one attached hydrogen (secondary N) is 2. The fourth-order valence-corrected chi connectivity index (χ4v) is 2.11. The van der Waals surface area contributed by atoms with E-state index in [1.165, 1.54) is 10.8 Å². The lowest BCUT2D eigenvalue weighted by Gasteiger charge is -2.16. The predicted octanol–water partition coefficient (Wildman–Crippen LogP) is 3.22. The van der Waals surface area contributed by atoms with E-state index >= 15 is 0 Å². The van der Waals surface area contributed by atoms with Crippen molar-refractivity contribution in [1.82, 2.24) is 10.6 Å². The summed E-state index contributed by atoms with van der Waals surface area (Å²) in [5.74, 6) is 0. The molecule has 0 spiro atoms. The fourth-order valence-electron chi connectivity index (χ4n) is 2.11. The van der Waals surface area contributed by atoms with E-state index in [9.17, 15) is 4.79 Å². The van der Waals surface area contributed by atoms with Gasteiger partial charge in [-0.1, -0.05) is 42.5 Å². The van der Waals surface area contributed by atoms with Crippen LogP contribution in [-0.2, 0) is 0 Å². The van der Waals surface area contributed by atoms with Gasteiger partial charge in [0.2, 0.25) is 0 Å². The first-order chi connectivity index (χ1) is 8.72. The predicted molar refractivity (Wildman–Crippen MR) is 74.6 cm³/mol. The van der Waals surface area contributed by atoms with Crippen LogP contribution < -0.4 is 10.6 Å². The van der Waals surface area contributed by atoms with Crippen molar-refractivity contribution in [1.29, 1.82) is 0 Å². The summed E-state index contributed by atoms with van der Waals surface area (Å²) in [5, 5.41) is 8.06. The molecule has 0 aliphatic carbocycles. The van der Waals surface area contributed by atoms with E-state index in [4.69, 9.17) is 0 Å². The van der Waals surface area contributed by atoms with Crippen LogP contribution in [0.25, 0.3) is 10.8 Å². The molecular formula is C15H18N2O. The number of carbonyl (C=O) groups excluding carboxylic acids is 1. The molecule has 2 amide bonds. The number of carbonyl (C=O) groups is 1. The van der Waals surface area contributed by atoms with Crippen molar-refractivity contribution in [2.45, 2.75) is 19.9 Å². The summed E-state index contributed by atoms with van der Waals surface area (Å²) in [4.78, 5) is 11.5. The van der Waals surface area contributed by atoms with Crippen LogP contribution in [0.3, 0.4) is 0 Å². The van der Waals surface area contributed by atoms with Crippen molar-refractivity contribution in [2.24, 2.45) is 0 Å². The van der Waals surface area contributed by atoms with Crippen LogP contribution in [0, 0.1) is 0 Å². The van der Waals surface area contributed by atoms with Crippen LogP contribution >= 0.6 is 0 Å². The lowest BCUT2D eigenvalue weighted by atomic mass is 10.00. The number of hydrogen-bond donors (Lipinski definition) is 2. The molecule has 1 atom stereocenters. The summed E-state index contributed by atoms with van der Waals surface area (Å²) in [5.41, 5.74) is 1.14. The fraction of sp³-hybridized carbons (Fsp3) is 0.267. The van der Waals surface area contributed by atoms with Gasteiger partial charge in [0.25, 0.3) is 0 Å². The third kappa shape index (κ3) is 2.62. The quantitative estimate of drug-likeness (QED) is 0.852. The molecule has 0 aliphatic heterocycles. The van der Waals surface area contributed by atoms with Crippen molar-refractivity contribution in [3.8, 4) is 0 Å². The maximum absolute atomic E-state index is 11.5. The SMILES string of the molecule is CCNC(=O)NC(C)c1cccc2ccccc12. The first-order valence-electron chi connectivity index (χ1n) is 6.24. The Labute approximate surface area is 107 Å². The van der Waals surface area contributed by atoms with E-state index in [0.717, 1.165) is 5.56 Å². The molecule has 2 rings (SSSR count). The zero-order valence-electron chi connectivity index (χ0n) is 10.7. The van der Waals surface area contributed by atoms with Gasteiger partial charge >= 0.3 is 6.03 Å². The smallest absolute Gasteiger partial charge is 0.315 e. The van der Waals surface area contributed by atoms with Crippen LogP contribution in [0.15, 0.2) is 42.5 Å². The third-order valence-corrected chi connectivity index (χ3v) is 2.97. The van der Waals surface area contributed by atoms with E-state index in [1.807, 2.05) is 32.0 Å². The number of benzene rings is 2. The topological polar surface area (TPSA) is 41.1 Å². The Morgan fingerprint density at radius 2 is 1.89 bits per heavy atom. The van der Waals surface area contributed by atoms with Crippen LogP contribution in [0.5, 0.6) is 0 Å². The number of urea groups is 1. The van der Waals surface area contributed by atoms with Gasteiger partial charge in [-0.15, -0.1) is 0 Å². The molecule has 0 saturated heterocycles. The molecule has 0 fully saturated rings. The molecule has 18 heavy (non-hydrogen) atoms. The largest absolute Gasteiger partial charge is 0.338 e. The number of hydrogen-bond acceptors (Lipinski definition) is 1. The Hall–Kier alpha value is -2.03. The van der Waals surface area contributed by atoms with Gasteiger partial charge in [-0.25, -0.2) is 4.79 Å². The van der Waals surface area contributed by atoms with Crippen LogP contribution in [0.1, 0.15) is 25.5 Å². The van der Waals surface area contributed by atoms with Gasteiger partial charge in [-0.2, -0.15) is 0 Å². The number of rotatable bonds is 3. The molecule has 2 aromatic rings. The number of amides is 2. The summed E-state index contributed by atoms with van der Waals surface area (Å²) in [6.07, 6.45) is 0. The average molecular weight is 242 g/mol. The van der Waals surface area contributed by atoms with Gasteiger partial charge in [-0.05, 0) is 30.2 Å². The van der Waals surface area contributed by atoms with E-state index in [2.05, 4.69) is 34.9 Å². The zero-order chi connectivity index (χ0) is 13.0. The number of fused-ring (bicyclic) bond motifs is 1. The maximum Gasteiger partial charge on any atom is 0.315 e. The Morgan fingerprint density at radius 1 is 1.17 bits per heavy atom. The summed E-state index contributed by atoms with van der Waals surface area (Å²) in [6.45, 7) is 4.53. The Kier molecular flexibility index (Phi) is 3.82. The van der Waals surface area contributed by atoms with Gasteiger partial charge in [-0.3, -0.25) is 0 Å². The molecule has 0 bridgehead atoms. The molecule has 0 aromatic heterocycles. The van der Waals surface area contributed by atoms with E-state index in [0.29, 0.717) is 6.54 Å².